The number of halogens is 2. The highest BCUT2D eigenvalue weighted by Crippen LogP contribution is 2.24. The number of hydrogen-bond acceptors (Lipinski definition) is 3. The molecule has 6 heteroatoms. The van der Waals surface area contributed by atoms with Crippen molar-refractivity contribution in [2.45, 2.75) is 32.1 Å². The molecule has 0 aliphatic carbocycles. The van der Waals surface area contributed by atoms with Gasteiger partial charge in [-0.2, -0.15) is 0 Å². The average Bonchev–Trinajstić information content (AvgIpc) is 2.61. The normalized spacial score (nSPS) is 11.9. The van der Waals surface area contributed by atoms with Crippen LogP contribution in [0.15, 0.2) is 36.4 Å². The molecule has 0 heterocycles. The van der Waals surface area contributed by atoms with Crippen LogP contribution in [0.25, 0.3) is 0 Å². The van der Waals surface area contributed by atoms with E-state index in [-0.39, 0.29) is 23.5 Å². The monoisotopic (exact) mass is 395 g/mol. The molecule has 1 N–H and O–H groups in total. The lowest BCUT2D eigenvalue weighted by Crippen LogP contribution is -2.29. The summed E-state index contributed by atoms with van der Waals surface area (Å²) >= 11 is 7.12. The third kappa shape index (κ3) is 5.64. The molecule has 2 aromatic rings. The lowest BCUT2D eigenvalue weighted by Gasteiger charge is -2.19. The third-order valence-corrected chi connectivity index (χ3v) is 5.29. The van der Waals surface area contributed by atoms with E-state index in [1.807, 2.05) is 32.0 Å². The van der Waals surface area contributed by atoms with Gasteiger partial charge in [-0.25, -0.2) is 4.39 Å². The largest absolute Gasteiger partial charge is 0.496 e. The number of benzene rings is 2. The van der Waals surface area contributed by atoms with Gasteiger partial charge in [-0.05, 0) is 48.2 Å². The lowest BCUT2D eigenvalue weighted by atomic mass is 10.0. The number of amides is 1. The number of aryl methyl sites for hydroxylation is 1. The molecule has 0 fully saturated rings. The van der Waals surface area contributed by atoms with Gasteiger partial charge in [-0.3, -0.25) is 4.79 Å². The topological polar surface area (TPSA) is 38.3 Å². The van der Waals surface area contributed by atoms with Gasteiger partial charge in [0, 0.05) is 10.8 Å². The van der Waals surface area contributed by atoms with E-state index in [2.05, 4.69) is 5.32 Å². The van der Waals surface area contributed by atoms with Gasteiger partial charge in [0.2, 0.25) is 5.91 Å². The van der Waals surface area contributed by atoms with Crippen LogP contribution < -0.4 is 10.1 Å². The summed E-state index contributed by atoms with van der Waals surface area (Å²) in [4.78, 5) is 12.3. The van der Waals surface area contributed by atoms with E-state index >= 15 is 0 Å². The molecule has 0 bridgehead atoms. The fourth-order valence-corrected chi connectivity index (χ4v) is 3.65. The standard InChI is InChI=1S/C20H23ClFNO2S/c1-4-18(14-6-8-19(25-3)13(2)9-14)23-20(24)12-26-11-15-5-7-16(21)10-17(15)22/h5-10,18H,4,11-12H2,1-3H3,(H,23,24)/t18-/m0/s1. The van der Waals surface area contributed by atoms with Gasteiger partial charge in [0.25, 0.3) is 0 Å². The van der Waals surface area contributed by atoms with Crippen LogP contribution in [-0.4, -0.2) is 18.8 Å². The molecule has 2 aromatic carbocycles. The molecule has 0 saturated heterocycles. The zero-order valence-corrected chi connectivity index (χ0v) is 16.7. The van der Waals surface area contributed by atoms with Crippen molar-refractivity contribution < 1.29 is 13.9 Å². The minimum absolute atomic E-state index is 0.0556. The van der Waals surface area contributed by atoms with E-state index in [0.29, 0.717) is 16.3 Å². The molecular weight excluding hydrogens is 373 g/mol. The molecule has 0 saturated carbocycles. The predicted octanol–water partition coefficient (Wildman–Crippen LogP) is 5.30. The Morgan fingerprint density at radius 1 is 1.31 bits per heavy atom. The molecule has 0 radical (unpaired) electrons. The zero-order valence-electron chi connectivity index (χ0n) is 15.1. The third-order valence-electron chi connectivity index (χ3n) is 4.07. The van der Waals surface area contributed by atoms with E-state index in [0.717, 1.165) is 23.3 Å². The summed E-state index contributed by atoms with van der Waals surface area (Å²) in [6.07, 6.45) is 0.786. The molecule has 0 unspecified atom stereocenters. The Hall–Kier alpha value is -1.72. The Balaban J connectivity index is 1.89. The van der Waals surface area contributed by atoms with E-state index in [4.69, 9.17) is 16.3 Å². The van der Waals surface area contributed by atoms with Gasteiger partial charge < -0.3 is 10.1 Å². The second-order valence-electron chi connectivity index (χ2n) is 5.99. The van der Waals surface area contributed by atoms with Crippen LogP contribution in [-0.2, 0) is 10.5 Å². The number of ether oxygens (including phenoxy) is 1. The van der Waals surface area contributed by atoms with Crippen LogP contribution in [0.1, 0.15) is 36.1 Å². The van der Waals surface area contributed by atoms with Crippen LogP contribution in [0, 0.1) is 12.7 Å². The summed E-state index contributed by atoms with van der Waals surface area (Å²) < 4.78 is 19.0. The fourth-order valence-electron chi connectivity index (χ4n) is 2.67. The number of methoxy groups -OCH3 is 1. The molecule has 2 rings (SSSR count). The Morgan fingerprint density at radius 3 is 2.69 bits per heavy atom. The van der Waals surface area contributed by atoms with Crippen LogP contribution in [0.4, 0.5) is 4.39 Å². The highest BCUT2D eigenvalue weighted by atomic mass is 35.5. The number of nitrogens with one attached hydrogen (secondary N) is 1. The number of carbonyl (C=O) groups excluding carboxylic acids is 1. The summed E-state index contributed by atoms with van der Waals surface area (Å²) in [6, 6.07) is 10.4. The summed E-state index contributed by atoms with van der Waals surface area (Å²) in [6.45, 7) is 4.01. The van der Waals surface area contributed by atoms with E-state index in [1.165, 1.54) is 17.8 Å². The van der Waals surface area contributed by atoms with Gasteiger partial charge >= 0.3 is 0 Å². The van der Waals surface area contributed by atoms with Crippen molar-refractivity contribution in [2.24, 2.45) is 0 Å². The fraction of sp³-hybridized carbons (Fsp3) is 0.350. The minimum Gasteiger partial charge on any atom is -0.496 e. The Morgan fingerprint density at radius 2 is 2.08 bits per heavy atom. The molecule has 3 nitrogen and oxygen atoms in total. The molecule has 0 aromatic heterocycles. The zero-order chi connectivity index (χ0) is 19.1. The lowest BCUT2D eigenvalue weighted by molar-refractivity contribution is -0.119. The summed E-state index contributed by atoms with van der Waals surface area (Å²) in [7, 11) is 1.64. The molecule has 140 valence electrons. The van der Waals surface area contributed by atoms with Crippen LogP contribution in [0.5, 0.6) is 5.75 Å². The van der Waals surface area contributed by atoms with Crippen molar-refractivity contribution in [1.29, 1.82) is 0 Å². The maximum absolute atomic E-state index is 13.8. The summed E-state index contributed by atoms with van der Waals surface area (Å²) in [5.41, 5.74) is 2.63. The number of carbonyl (C=O) groups is 1. The molecule has 26 heavy (non-hydrogen) atoms. The maximum atomic E-state index is 13.8. The maximum Gasteiger partial charge on any atom is 0.230 e. The predicted molar refractivity (Wildman–Crippen MR) is 106 cm³/mol. The first-order valence-corrected chi connectivity index (χ1v) is 9.93. The first-order chi connectivity index (χ1) is 12.4. The molecular formula is C20H23ClFNO2S. The quantitative estimate of drug-likeness (QED) is 0.659. The van der Waals surface area contributed by atoms with Crippen molar-refractivity contribution in [1.82, 2.24) is 5.32 Å². The first-order valence-electron chi connectivity index (χ1n) is 8.40. The van der Waals surface area contributed by atoms with E-state index in [1.54, 1.807) is 19.2 Å². The molecule has 0 aliphatic heterocycles. The van der Waals surface area contributed by atoms with Crippen molar-refractivity contribution >= 4 is 29.3 Å². The van der Waals surface area contributed by atoms with Gasteiger partial charge in [0.05, 0.1) is 18.9 Å². The van der Waals surface area contributed by atoms with Crippen molar-refractivity contribution in [3.8, 4) is 5.75 Å². The summed E-state index contributed by atoms with van der Waals surface area (Å²) in [5.74, 6) is 1.12. The number of hydrogen-bond donors (Lipinski definition) is 1. The minimum atomic E-state index is -0.342. The number of rotatable bonds is 8. The van der Waals surface area contributed by atoms with Crippen LogP contribution >= 0.6 is 23.4 Å². The van der Waals surface area contributed by atoms with Gasteiger partial charge in [0.15, 0.2) is 0 Å². The molecule has 0 aliphatic rings. The Kier molecular flexibility index (Phi) is 7.79. The molecule has 0 spiro atoms. The van der Waals surface area contributed by atoms with Crippen molar-refractivity contribution in [3.05, 3.63) is 63.9 Å². The SMILES string of the molecule is CC[C@H](NC(=O)CSCc1ccc(Cl)cc1F)c1ccc(OC)c(C)c1. The molecule has 1 atom stereocenters. The Labute approximate surface area is 163 Å². The van der Waals surface area contributed by atoms with Gasteiger partial charge in [-0.1, -0.05) is 36.7 Å². The second-order valence-corrected chi connectivity index (χ2v) is 7.41. The van der Waals surface area contributed by atoms with Crippen molar-refractivity contribution in [2.75, 3.05) is 12.9 Å². The Bertz CT molecular complexity index is 769. The van der Waals surface area contributed by atoms with Crippen molar-refractivity contribution in [3.63, 3.8) is 0 Å². The number of thioether (sulfide) groups is 1. The van der Waals surface area contributed by atoms with Gasteiger partial charge in [-0.15, -0.1) is 11.8 Å². The highest BCUT2D eigenvalue weighted by Gasteiger charge is 2.14. The summed E-state index contributed by atoms with van der Waals surface area (Å²) in [5, 5.41) is 3.41. The first kappa shape index (κ1) is 20.6. The average molecular weight is 396 g/mol. The highest BCUT2D eigenvalue weighted by molar-refractivity contribution is 7.99. The van der Waals surface area contributed by atoms with Gasteiger partial charge in [0.1, 0.15) is 11.6 Å². The second kappa shape index (κ2) is 9.83. The van der Waals surface area contributed by atoms with Crippen LogP contribution in [0.3, 0.4) is 0 Å². The van der Waals surface area contributed by atoms with E-state index in [9.17, 15) is 9.18 Å². The van der Waals surface area contributed by atoms with Crippen LogP contribution in [0.2, 0.25) is 5.02 Å². The smallest absolute Gasteiger partial charge is 0.230 e. The molecule has 1 amide bonds. The van der Waals surface area contributed by atoms with E-state index < -0.39 is 0 Å².